The van der Waals surface area contributed by atoms with Crippen molar-refractivity contribution in [2.45, 2.75) is 18.2 Å². The zero-order valence-electron chi connectivity index (χ0n) is 17.0. The predicted molar refractivity (Wildman–Crippen MR) is 129 cm³/mol. The van der Waals surface area contributed by atoms with Crippen molar-refractivity contribution in [2.75, 3.05) is 17.5 Å². The number of rotatable bonds is 7. The van der Waals surface area contributed by atoms with E-state index in [0.29, 0.717) is 5.88 Å². The third-order valence-electron chi connectivity index (χ3n) is 4.93. The second kappa shape index (κ2) is 9.41. The van der Waals surface area contributed by atoms with Gasteiger partial charge >= 0.3 is 0 Å². The molecule has 30 heavy (non-hydrogen) atoms. The minimum absolute atomic E-state index is 0.535. The highest BCUT2D eigenvalue weighted by Gasteiger charge is 2.14. The van der Waals surface area contributed by atoms with Gasteiger partial charge in [-0.1, -0.05) is 24.3 Å². The van der Waals surface area contributed by atoms with Crippen LogP contribution in [0.2, 0.25) is 0 Å². The number of halogens is 1. The van der Waals surface area contributed by atoms with E-state index in [4.69, 9.17) is 21.3 Å². The topological polar surface area (TPSA) is 34.2 Å². The fourth-order valence-corrected chi connectivity index (χ4v) is 4.13. The molecule has 0 atom stereocenters. The number of benzene rings is 3. The highest BCUT2D eigenvalue weighted by molar-refractivity contribution is 7.98. The van der Waals surface area contributed by atoms with Crippen LogP contribution >= 0.6 is 23.4 Å². The van der Waals surface area contributed by atoms with E-state index in [1.807, 2.05) is 55.5 Å². The van der Waals surface area contributed by atoms with Crippen LogP contribution in [0.15, 0.2) is 77.7 Å². The molecular weight excluding hydrogens is 412 g/mol. The van der Waals surface area contributed by atoms with Crippen molar-refractivity contribution in [1.82, 2.24) is 4.98 Å². The molecule has 0 amide bonds. The number of thioether (sulfide) groups is 1. The molecular formula is C25H23ClN2OS. The number of alkyl halides is 1. The molecule has 4 aromatic rings. The van der Waals surface area contributed by atoms with Crippen LogP contribution < -0.4 is 10.1 Å². The Morgan fingerprint density at radius 2 is 1.80 bits per heavy atom. The van der Waals surface area contributed by atoms with Gasteiger partial charge in [0.2, 0.25) is 0 Å². The van der Waals surface area contributed by atoms with Crippen molar-refractivity contribution >= 4 is 45.6 Å². The van der Waals surface area contributed by atoms with Gasteiger partial charge in [-0.3, -0.25) is 4.98 Å². The van der Waals surface area contributed by atoms with Crippen molar-refractivity contribution < 1.29 is 4.74 Å². The van der Waals surface area contributed by atoms with Crippen molar-refractivity contribution in [3.05, 3.63) is 84.1 Å². The summed E-state index contributed by atoms with van der Waals surface area (Å²) in [6.45, 7) is 2.04. The van der Waals surface area contributed by atoms with Gasteiger partial charge < -0.3 is 10.1 Å². The Kier molecular flexibility index (Phi) is 6.46. The smallest absolute Gasteiger partial charge is 0.128 e. The lowest BCUT2D eigenvalue weighted by molar-refractivity contribution is 0.483. The Bertz CT molecular complexity index is 1160. The molecule has 0 aliphatic carbocycles. The molecule has 0 unspecified atom stereocenters. The van der Waals surface area contributed by atoms with Crippen LogP contribution in [0.1, 0.15) is 11.3 Å². The van der Waals surface area contributed by atoms with Crippen LogP contribution in [-0.4, -0.2) is 17.1 Å². The molecule has 1 heterocycles. The Labute approximate surface area is 186 Å². The van der Waals surface area contributed by atoms with Gasteiger partial charge in [-0.15, -0.1) is 23.4 Å². The van der Waals surface area contributed by atoms with E-state index in [2.05, 4.69) is 35.8 Å². The lowest BCUT2D eigenvalue weighted by atomic mass is 10.0. The van der Waals surface area contributed by atoms with E-state index in [1.54, 1.807) is 11.8 Å². The minimum atomic E-state index is 0.535. The monoisotopic (exact) mass is 434 g/mol. The Morgan fingerprint density at radius 3 is 2.57 bits per heavy atom. The van der Waals surface area contributed by atoms with E-state index in [0.717, 1.165) is 51.5 Å². The Balaban J connectivity index is 1.82. The maximum Gasteiger partial charge on any atom is 0.128 e. The summed E-state index contributed by atoms with van der Waals surface area (Å²) in [4.78, 5) is 6.03. The summed E-state index contributed by atoms with van der Waals surface area (Å²) >= 11 is 7.86. The van der Waals surface area contributed by atoms with Gasteiger partial charge in [-0.2, -0.15) is 0 Å². The Morgan fingerprint density at radius 1 is 0.967 bits per heavy atom. The quantitative estimate of drug-likeness (QED) is 0.240. The molecule has 152 valence electrons. The van der Waals surface area contributed by atoms with Crippen LogP contribution in [0.4, 0.5) is 11.4 Å². The minimum Gasteiger partial charge on any atom is -0.457 e. The van der Waals surface area contributed by atoms with E-state index in [9.17, 15) is 0 Å². The summed E-state index contributed by atoms with van der Waals surface area (Å²) in [5.41, 5.74) is 5.12. The number of fused-ring (bicyclic) bond motifs is 1. The molecule has 0 fully saturated rings. The number of pyridine rings is 1. The van der Waals surface area contributed by atoms with E-state index in [1.165, 1.54) is 4.90 Å². The zero-order valence-corrected chi connectivity index (χ0v) is 18.6. The molecule has 5 heteroatoms. The van der Waals surface area contributed by atoms with Crippen molar-refractivity contribution in [3.63, 3.8) is 0 Å². The Hall–Kier alpha value is -2.69. The number of aromatic nitrogens is 1. The van der Waals surface area contributed by atoms with Gasteiger partial charge in [0, 0.05) is 27.5 Å². The van der Waals surface area contributed by atoms with E-state index >= 15 is 0 Å². The average Bonchev–Trinajstić information content (AvgIpc) is 2.77. The number of para-hydroxylation sites is 1. The summed E-state index contributed by atoms with van der Waals surface area (Å²) in [5.74, 6) is 2.12. The van der Waals surface area contributed by atoms with Gasteiger partial charge in [0.15, 0.2) is 0 Å². The van der Waals surface area contributed by atoms with Crippen LogP contribution in [0.3, 0.4) is 0 Å². The van der Waals surface area contributed by atoms with Gasteiger partial charge in [0.05, 0.1) is 11.2 Å². The fourth-order valence-electron chi connectivity index (χ4n) is 3.48. The largest absolute Gasteiger partial charge is 0.457 e. The molecule has 4 rings (SSSR count). The molecule has 0 saturated carbocycles. The van der Waals surface area contributed by atoms with Crippen LogP contribution in [0.25, 0.3) is 10.9 Å². The van der Waals surface area contributed by atoms with Gasteiger partial charge in [0.1, 0.15) is 11.5 Å². The van der Waals surface area contributed by atoms with E-state index < -0.39 is 0 Å². The number of hydrogen-bond donors (Lipinski definition) is 1. The second-order valence-corrected chi connectivity index (χ2v) is 8.20. The molecule has 0 saturated heterocycles. The summed E-state index contributed by atoms with van der Waals surface area (Å²) in [7, 11) is 0. The lowest BCUT2D eigenvalue weighted by Gasteiger charge is -2.18. The SMILES string of the molecule is CSc1cccc(Nc2c(CCCl)c(C)nc3ccc(Oc4ccccc4)cc23)c1. The standard InChI is InChI=1S/C25H23ClN2OS/c1-17-22(13-14-26)25(28-18-7-6-10-21(15-18)30-2)23-16-20(11-12-24(23)27-17)29-19-8-4-3-5-9-19/h3-12,15-16H,13-14H2,1-2H3,(H,27,28). The first kappa shape index (κ1) is 20.6. The number of hydrogen-bond acceptors (Lipinski definition) is 4. The van der Waals surface area contributed by atoms with Crippen molar-refractivity contribution in [3.8, 4) is 11.5 Å². The number of nitrogens with one attached hydrogen (secondary N) is 1. The first-order valence-corrected chi connectivity index (χ1v) is 11.6. The molecule has 0 aliphatic heterocycles. The molecule has 1 aromatic heterocycles. The number of anilines is 2. The second-order valence-electron chi connectivity index (χ2n) is 6.94. The average molecular weight is 435 g/mol. The number of nitrogens with zero attached hydrogens (tertiary/aromatic N) is 1. The third kappa shape index (κ3) is 4.55. The van der Waals surface area contributed by atoms with Gasteiger partial charge in [-0.05, 0) is 73.7 Å². The van der Waals surface area contributed by atoms with Crippen LogP contribution in [-0.2, 0) is 6.42 Å². The van der Waals surface area contributed by atoms with Crippen molar-refractivity contribution in [1.29, 1.82) is 0 Å². The van der Waals surface area contributed by atoms with Crippen LogP contribution in [0, 0.1) is 6.92 Å². The summed E-state index contributed by atoms with van der Waals surface area (Å²) in [6.07, 6.45) is 2.82. The summed E-state index contributed by atoms with van der Waals surface area (Å²) in [6, 6.07) is 24.2. The number of ether oxygens (including phenoxy) is 1. The molecule has 1 N–H and O–H groups in total. The van der Waals surface area contributed by atoms with E-state index in [-0.39, 0.29) is 0 Å². The highest BCUT2D eigenvalue weighted by atomic mass is 35.5. The maximum atomic E-state index is 6.14. The zero-order chi connectivity index (χ0) is 20.9. The summed E-state index contributed by atoms with van der Waals surface area (Å²) in [5, 5.41) is 4.66. The maximum absolute atomic E-state index is 6.14. The first-order valence-electron chi connectivity index (χ1n) is 9.81. The molecule has 0 radical (unpaired) electrons. The van der Waals surface area contributed by atoms with Gasteiger partial charge in [0.25, 0.3) is 0 Å². The summed E-state index contributed by atoms with van der Waals surface area (Å²) < 4.78 is 6.07. The third-order valence-corrected chi connectivity index (χ3v) is 5.84. The molecule has 3 aromatic carbocycles. The predicted octanol–water partition coefficient (Wildman–Crippen LogP) is 7.58. The molecule has 0 bridgehead atoms. The number of aryl methyl sites for hydroxylation is 1. The molecule has 0 aliphatic rings. The van der Waals surface area contributed by atoms with Gasteiger partial charge in [-0.25, -0.2) is 0 Å². The first-order chi connectivity index (χ1) is 14.7. The lowest BCUT2D eigenvalue weighted by Crippen LogP contribution is -2.03. The normalized spacial score (nSPS) is 10.9. The van der Waals surface area contributed by atoms with Crippen LogP contribution in [0.5, 0.6) is 11.5 Å². The fraction of sp³-hybridized carbons (Fsp3) is 0.160. The molecule has 0 spiro atoms. The highest BCUT2D eigenvalue weighted by Crippen LogP contribution is 2.35. The van der Waals surface area contributed by atoms with Crippen molar-refractivity contribution in [2.24, 2.45) is 0 Å². The molecule has 3 nitrogen and oxygen atoms in total.